The molecule has 1 fully saturated rings. The average molecular weight is 393 g/mol. The fraction of sp³-hybridized carbons (Fsp3) is 0.391. The van der Waals surface area contributed by atoms with Crippen LogP contribution in [0.15, 0.2) is 53.6 Å². The van der Waals surface area contributed by atoms with Crippen LogP contribution in [0.5, 0.6) is 5.75 Å². The van der Waals surface area contributed by atoms with Crippen molar-refractivity contribution in [2.75, 3.05) is 40.0 Å². The molecule has 2 heterocycles. The number of hydrazone groups is 1. The van der Waals surface area contributed by atoms with Crippen LogP contribution in [0.3, 0.4) is 0 Å². The zero-order valence-electron chi connectivity index (χ0n) is 17.0. The van der Waals surface area contributed by atoms with Gasteiger partial charge in [0.25, 0.3) is 5.91 Å². The van der Waals surface area contributed by atoms with Crippen LogP contribution >= 0.6 is 0 Å². The Labute approximate surface area is 171 Å². The highest BCUT2D eigenvalue weighted by Crippen LogP contribution is 2.33. The molecule has 1 unspecified atom stereocenters. The van der Waals surface area contributed by atoms with E-state index in [2.05, 4.69) is 30.0 Å². The van der Waals surface area contributed by atoms with Gasteiger partial charge in [0, 0.05) is 19.5 Å². The summed E-state index contributed by atoms with van der Waals surface area (Å²) >= 11 is 0. The van der Waals surface area contributed by atoms with E-state index in [0.29, 0.717) is 26.2 Å². The maximum Gasteiger partial charge on any atom is 0.257 e. The molecule has 1 amide bonds. The molecule has 1 saturated heterocycles. The molecule has 2 aromatic carbocycles. The first-order valence-corrected chi connectivity index (χ1v) is 10.0. The summed E-state index contributed by atoms with van der Waals surface area (Å²) in [7, 11) is 1.65. The van der Waals surface area contributed by atoms with Gasteiger partial charge >= 0.3 is 0 Å². The largest absolute Gasteiger partial charge is 0.497 e. The Morgan fingerprint density at radius 2 is 1.93 bits per heavy atom. The number of rotatable bonds is 5. The van der Waals surface area contributed by atoms with Crippen molar-refractivity contribution in [1.82, 2.24) is 9.91 Å². The normalized spacial score (nSPS) is 19.9. The minimum Gasteiger partial charge on any atom is -0.497 e. The first kappa shape index (κ1) is 19.6. The third-order valence-electron chi connectivity index (χ3n) is 5.48. The molecule has 2 aliphatic heterocycles. The second-order valence-electron chi connectivity index (χ2n) is 7.54. The molecular weight excluding hydrogens is 366 g/mol. The van der Waals surface area contributed by atoms with Crippen molar-refractivity contribution in [3.05, 3.63) is 65.2 Å². The minimum absolute atomic E-state index is 0.0235. The molecule has 0 N–H and O–H groups in total. The van der Waals surface area contributed by atoms with Crippen LogP contribution in [0.25, 0.3) is 0 Å². The highest BCUT2D eigenvalue weighted by Gasteiger charge is 2.34. The van der Waals surface area contributed by atoms with Crippen molar-refractivity contribution in [3.63, 3.8) is 0 Å². The monoisotopic (exact) mass is 393 g/mol. The van der Waals surface area contributed by atoms with Gasteiger partial charge in [-0.3, -0.25) is 9.69 Å². The molecule has 1 atom stereocenters. The summed E-state index contributed by atoms with van der Waals surface area (Å²) in [6.45, 7) is 5.34. The molecule has 0 bridgehead atoms. The van der Waals surface area contributed by atoms with Gasteiger partial charge in [0.05, 0.1) is 38.6 Å². The lowest BCUT2D eigenvalue weighted by Gasteiger charge is -2.29. The number of morpholine rings is 1. The van der Waals surface area contributed by atoms with Gasteiger partial charge in [0.15, 0.2) is 0 Å². The van der Waals surface area contributed by atoms with Gasteiger partial charge in [-0.2, -0.15) is 5.10 Å². The summed E-state index contributed by atoms with van der Waals surface area (Å²) in [5, 5.41) is 6.45. The van der Waals surface area contributed by atoms with Crippen molar-refractivity contribution in [3.8, 4) is 5.75 Å². The third-order valence-corrected chi connectivity index (χ3v) is 5.48. The fourth-order valence-corrected chi connectivity index (χ4v) is 3.85. The van der Waals surface area contributed by atoms with Crippen LogP contribution in [-0.4, -0.2) is 61.5 Å². The number of carbonyl (C=O) groups excluding carboxylic acids is 1. The van der Waals surface area contributed by atoms with Crippen molar-refractivity contribution in [1.29, 1.82) is 0 Å². The predicted molar refractivity (Wildman–Crippen MR) is 112 cm³/mol. The summed E-state index contributed by atoms with van der Waals surface area (Å²) in [4.78, 5) is 15.3. The molecule has 2 aromatic rings. The first-order valence-electron chi connectivity index (χ1n) is 10.0. The second kappa shape index (κ2) is 8.76. The van der Waals surface area contributed by atoms with Crippen molar-refractivity contribution >= 4 is 11.6 Å². The van der Waals surface area contributed by atoms with E-state index < -0.39 is 0 Å². The topological polar surface area (TPSA) is 54.4 Å². The van der Waals surface area contributed by atoms with E-state index in [9.17, 15) is 4.79 Å². The van der Waals surface area contributed by atoms with Crippen LogP contribution in [0, 0.1) is 6.92 Å². The molecule has 0 radical (unpaired) electrons. The zero-order chi connectivity index (χ0) is 20.2. The number of ether oxygens (including phenoxy) is 2. The number of nitrogens with zero attached hydrogens (tertiary/aromatic N) is 3. The predicted octanol–water partition coefficient (Wildman–Crippen LogP) is 3.01. The summed E-state index contributed by atoms with van der Waals surface area (Å²) in [6.07, 6.45) is 0.699. The van der Waals surface area contributed by atoms with Crippen LogP contribution in [0.2, 0.25) is 0 Å². The summed E-state index contributed by atoms with van der Waals surface area (Å²) < 4.78 is 10.7. The molecular formula is C23H27N3O3. The average Bonchev–Trinajstić information content (AvgIpc) is 3.20. The van der Waals surface area contributed by atoms with Gasteiger partial charge in [-0.25, -0.2) is 5.01 Å². The second-order valence-corrected chi connectivity index (χ2v) is 7.54. The number of amides is 1. The molecule has 6 heteroatoms. The number of methoxy groups -OCH3 is 1. The maximum atomic E-state index is 13.2. The highest BCUT2D eigenvalue weighted by molar-refractivity contribution is 6.03. The van der Waals surface area contributed by atoms with Crippen LogP contribution in [0.1, 0.15) is 29.2 Å². The van der Waals surface area contributed by atoms with Gasteiger partial charge < -0.3 is 9.47 Å². The smallest absolute Gasteiger partial charge is 0.257 e. The summed E-state index contributed by atoms with van der Waals surface area (Å²) in [5.41, 5.74) is 4.27. The molecule has 152 valence electrons. The Morgan fingerprint density at radius 1 is 1.17 bits per heavy atom. The number of hydrogen-bond donors (Lipinski definition) is 0. The number of carbonyl (C=O) groups is 1. The van der Waals surface area contributed by atoms with Crippen LogP contribution in [-0.2, 0) is 9.53 Å². The standard InChI is InChI=1S/C23H27N3O3/c1-17-4-3-5-19(14-17)21-15-22(18-6-8-20(28-2)9-7-18)26(24-21)23(27)16-25-10-12-29-13-11-25/h3-9,14,22H,10-13,15-16H2,1-2H3. The fourth-order valence-electron chi connectivity index (χ4n) is 3.85. The van der Waals surface area contributed by atoms with E-state index >= 15 is 0 Å². The van der Waals surface area contributed by atoms with E-state index in [1.807, 2.05) is 30.3 Å². The van der Waals surface area contributed by atoms with E-state index in [0.717, 1.165) is 35.7 Å². The highest BCUT2D eigenvalue weighted by atomic mass is 16.5. The van der Waals surface area contributed by atoms with Gasteiger partial charge in [0.2, 0.25) is 0 Å². The van der Waals surface area contributed by atoms with E-state index in [-0.39, 0.29) is 11.9 Å². The zero-order valence-corrected chi connectivity index (χ0v) is 17.0. The van der Waals surface area contributed by atoms with Crippen LogP contribution < -0.4 is 4.74 Å². The molecule has 0 aliphatic carbocycles. The van der Waals surface area contributed by atoms with Gasteiger partial charge in [0.1, 0.15) is 5.75 Å². The molecule has 0 aromatic heterocycles. The minimum atomic E-state index is -0.107. The van der Waals surface area contributed by atoms with E-state index in [1.165, 1.54) is 5.56 Å². The lowest BCUT2D eigenvalue weighted by molar-refractivity contribution is -0.135. The third kappa shape index (κ3) is 4.49. The maximum absolute atomic E-state index is 13.2. The van der Waals surface area contributed by atoms with Gasteiger partial charge in [-0.15, -0.1) is 0 Å². The Morgan fingerprint density at radius 3 is 2.62 bits per heavy atom. The summed E-state index contributed by atoms with van der Waals surface area (Å²) in [6, 6.07) is 16.1. The SMILES string of the molecule is COc1ccc(C2CC(c3cccc(C)c3)=NN2C(=O)CN2CCOCC2)cc1. The molecule has 29 heavy (non-hydrogen) atoms. The van der Waals surface area contributed by atoms with E-state index in [1.54, 1.807) is 12.1 Å². The molecule has 6 nitrogen and oxygen atoms in total. The Bertz CT molecular complexity index is 888. The molecule has 2 aliphatic rings. The quantitative estimate of drug-likeness (QED) is 0.784. The van der Waals surface area contributed by atoms with Gasteiger partial charge in [-0.05, 0) is 30.2 Å². The number of aryl methyl sites for hydroxylation is 1. The lowest BCUT2D eigenvalue weighted by atomic mass is 9.97. The number of hydrogen-bond acceptors (Lipinski definition) is 5. The van der Waals surface area contributed by atoms with Crippen LogP contribution in [0.4, 0.5) is 0 Å². The van der Waals surface area contributed by atoms with Crippen molar-refractivity contribution < 1.29 is 14.3 Å². The van der Waals surface area contributed by atoms with Gasteiger partial charge in [-0.1, -0.05) is 42.0 Å². The molecule has 0 spiro atoms. The van der Waals surface area contributed by atoms with E-state index in [4.69, 9.17) is 14.6 Å². The Balaban J connectivity index is 1.60. The molecule has 0 saturated carbocycles. The molecule has 4 rings (SSSR count). The Hall–Kier alpha value is -2.70. The van der Waals surface area contributed by atoms with Crippen molar-refractivity contribution in [2.24, 2.45) is 5.10 Å². The summed E-state index contributed by atoms with van der Waals surface area (Å²) in [5.74, 6) is 0.827. The lowest BCUT2D eigenvalue weighted by Crippen LogP contribution is -2.43. The Kier molecular flexibility index (Phi) is 5.92. The first-order chi connectivity index (χ1) is 14.1. The van der Waals surface area contributed by atoms with Crippen molar-refractivity contribution in [2.45, 2.75) is 19.4 Å². The number of benzene rings is 2.